The van der Waals surface area contributed by atoms with Crippen LogP contribution in [0.4, 0.5) is 10.5 Å². The second kappa shape index (κ2) is 8.17. The average molecular weight is 337 g/mol. The molecule has 0 bridgehead atoms. The number of benzene rings is 2. The maximum atomic E-state index is 12.4. The van der Waals surface area contributed by atoms with Crippen LogP contribution >= 0.6 is 0 Å². The van der Waals surface area contributed by atoms with Crippen molar-refractivity contribution < 1.29 is 4.79 Å². The van der Waals surface area contributed by atoms with Crippen LogP contribution in [-0.2, 0) is 0 Å². The van der Waals surface area contributed by atoms with Crippen molar-refractivity contribution in [2.45, 2.75) is 38.8 Å². The quantitative estimate of drug-likeness (QED) is 0.852. The Labute approximate surface area is 150 Å². The molecule has 0 spiro atoms. The van der Waals surface area contributed by atoms with E-state index in [1.165, 1.54) is 24.0 Å². The zero-order valence-corrected chi connectivity index (χ0v) is 15.0. The van der Waals surface area contributed by atoms with Gasteiger partial charge in [-0.15, -0.1) is 0 Å². The lowest BCUT2D eigenvalue weighted by Crippen LogP contribution is -2.45. The van der Waals surface area contributed by atoms with Crippen molar-refractivity contribution >= 4 is 11.7 Å². The van der Waals surface area contributed by atoms with E-state index in [2.05, 4.69) is 46.7 Å². The van der Waals surface area contributed by atoms with Gasteiger partial charge in [-0.3, -0.25) is 4.90 Å². The van der Waals surface area contributed by atoms with E-state index in [-0.39, 0.29) is 18.1 Å². The Morgan fingerprint density at radius 1 is 1.00 bits per heavy atom. The number of carbonyl (C=O) groups excluding carboxylic acids is 1. The summed E-state index contributed by atoms with van der Waals surface area (Å²) >= 11 is 0. The van der Waals surface area contributed by atoms with Crippen molar-refractivity contribution in [3.05, 3.63) is 65.7 Å². The Bertz CT molecular complexity index is 678. The van der Waals surface area contributed by atoms with Crippen LogP contribution in [0.5, 0.6) is 0 Å². The van der Waals surface area contributed by atoms with Gasteiger partial charge >= 0.3 is 6.03 Å². The van der Waals surface area contributed by atoms with E-state index >= 15 is 0 Å². The Morgan fingerprint density at radius 2 is 1.64 bits per heavy atom. The van der Waals surface area contributed by atoms with Gasteiger partial charge in [-0.1, -0.05) is 48.0 Å². The third-order valence-electron chi connectivity index (χ3n) is 4.82. The highest BCUT2D eigenvalue weighted by Crippen LogP contribution is 2.28. The second-order valence-electron chi connectivity index (χ2n) is 6.85. The summed E-state index contributed by atoms with van der Waals surface area (Å²) in [5.41, 5.74) is 3.25. The molecule has 132 valence electrons. The van der Waals surface area contributed by atoms with Crippen molar-refractivity contribution in [1.29, 1.82) is 0 Å². The van der Waals surface area contributed by atoms with E-state index in [4.69, 9.17) is 0 Å². The molecule has 0 unspecified atom stereocenters. The van der Waals surface area contributed by atoms with Gasteiger partial charge in [0.2, 0.25) is 0 Å². The van der Waals surface area contributed by atoms with Crippen LogP contribution in [0, 0.1) is 6.92 Å². The topological polar surface area (TPSA) is 44.4 Å². The number of carbonyl (C=O) groups is 1. The van der Waals surface area contributed by atoms with Crippen molar-refractivity contribution in [2.75, 3.05) is 18.4 Å². The van der Waals surface area contributed by atoms with Gasteiger partial charge in [0.1, 0.15) is 0 Å². The first-order valence-corrected chi connectivity index (χ1v) is 9.06. The minimum absolute atomic E-state index is 0.0194. The van der Waals surface area contributed by atoms with Crippen molar-refractivity contribution in [3.8, 4) is 0 Å². The summed E-state index contributed by atoms with van der Waals surface area (Å²) in [4.78, 5) is 14.9. The molecule has 4 heteroatoms. The molecule has 2 aromatic carbocycles. The number of urea groups is 1. The summed E-state index contributed by atoms with van der Waals surface area (Å²) in [5.74, 6) is 0. The molecule has 2 amide bonds. The van der Waals surface area contributed by atoms with Gasteiger partial charge in [0.25, 0.3) is 0 Å². The van der Waals surface area contributed by atoms with Gasteiger partial charge in [-0.25, -0.2) is 4.79 Å². The van der Waals surface area contributed by atoms with E-state index in [9.17, 15) is 4.79 Å². The van der Waals surface area contributed by atoms with E-state index in [1.54, 1.807) is 0 Å². The molecule has 0 aliphatic carbocycles. The van der Waals surface area contributed by atoms with Gasteiger partial charge in [-0.2, -0.15) is 0 Å². The monoisotopic (exact) mass is 337 g/mol. The normalized spacial score (nSPS) is 17.0. The SMILES string of the molecule is Cc1ccc(NC(=O)N[C@H](C)[C@@H](c2ccccc2)N2CCCC2)cc1. The molecular weight excluding hydrogens is 310 g/mol. The van der Waals surface area contributed by atoms with Crippen LogP contribution < -0.4 is 10.6 Å². The van der Waals surface area contributed by atoms with Crippen LogP contribution in [0.1, 0.15) is 36.9 Å². The summed E-state index contributed by atoms with van der Waals surface area (Å²) in [5, 5.41) is 6.06. The maximum absolute atomic E-state index is 12.4. The van der Waals surface area contributed by atoms with Crippen molar-refractivity contribution in [2.24, 2.45) is 0 Å². The molecule has 0 aromatic heterocycles. The molecule has 0 radical (unpaired) electrons. The lowest BCUT2D eigenvalue weighted by molar-refractivity contribution is 0.197. The first-order chi connectivity index (χ1) is 12.1. The number of aryl methyl sites for hydroxylation is 1. The smallest absolute Gasteiger partial charge is 0.319 e. The standard InChI is InChI=1S/C21H27N3O/c1-16-10-12-19(13-11-16)23-21(25)22-17(2)20(24-14-6-7-15-24)18-8-4-3-5-9-18/h3-5,8-13,17,20H,6-7,14-15H2,1-2H3,(H2,22,23,25)/t17-,20+/m1/s1. The first-order valence-electron chi connectivity index (χ1n) is 9.06. The van der Waals surface area contributed by atoms with Gasteiger partial charge in [0.05, 0.1) is 6.04 Å². The predicted octanol–water partition coefficient (Wildman–Crippen LogP) is 4.34. The summed E-state index contributed by atoms with van der Waals surface area (Å²) in [6, 6.07) is 18.4. The fraction of sp³-hybridized carbons (Fsp3) is 0.381. The van der Waals surface area contributed by atoms with Crippen LogP contribution in [0.2, 0.25) is 0 Å². The maximum Gasteiger partial charge on any atom is 0.319 e. The number of likely N-dealkylation sites (tertiary alicyclic amines) is 1. The number of nitrogens with zero attached hydrogens (tertiary/aromatic N) is 1. The second-order valence-corrected chi connectivity index (χ2v) is 6.85. The molecule has 2 aromatic rings. The number of rotatable bonds is 5. The molecule has 1 aliphatic rings. The Morgan fingerprint density at radius 3 is 2.28 bits per heavy atom. The molecule has 2 N–H and O–H groups in total. The molecule has 1 aliphatic heterocycles. The molecule has 25 heavy (non-hydrogen) atoms. The van der Waals surface area contributed by atoms with Crippen LogP contribution in [-0.4, -0.2) is 30.1 Å². The lowest BCUT2D eigenvalue weighted by Gasteiger charge is -2.33. The highest BCUT2D eigenvalue weighted by atomic mass is 16.2. The van der Waals surface area contributed by atoms with E-state index in [0.29, 0.717) is 0 Å². The average Bonchev–Trinajstić information content (AvgIpc) is 3.12. The Balaban J connectivity index is 1.68. The zero-order valence-electron chi connectivity index (χ0n) is 15.0. The third-order valence-corrected chi connectivity index (χ3v) is 4.82. The Hall–Kier alpha value is -2.33. The zero-order chi connectivity index (χ0) is 17.6. The van der Waals surface area contributed by atoms with Gasteiger partial charge in [-0.05, 0) is 57.5 Å². The fourth-order valence-corrected chi connectivity index (χ4v) is 3.58. The number of hydrogen-bond donors (Lipinski definition) is 2. The Kier molecular flexibility index (Phi) is 5.71. The largest absolute Gasteiger partial charge is 0.333 e. The number of anilines is 1. The van der Waals surface area contributed by atoms with Gasteiger partial charge in [0.15, 0.2) is 0 Å². The minimum Gasteiger partial charge on any atom is -0.333 e. The van der Waals surface area contributed by atoms with E-state index in [1.807, 2.05) is 37.3 Å². The van der Waals surface area contributed by atoms with Gasteiger partial charge < -0.3 is 10.6 Å². The predicted molar refractivity (Wildman–Crippen MR) is 103 cm³/mol. The summed E-state index contributed by atoms with van der Waals surface area (Å²) in [6.07, 6.45) is 2.46. The summed E-state index contributed by atoms with van der Waals surface area (Å²) < 4.78 is 0. The molecule has 4 nitrogen and oxygen atoms in total. The number of hydrogen-bond acceptors (Lipinski definition) is 2. The summed E-state index contributed by atoms with van der Waals surface area (Å²) in [7, 11) is 0. The minimum atomic E-state index is -0.156. The third kappa shape index (κ3) is 4.60. The molecule has 1 saturated heterocycles. The number of amides is 2. The van der Waals surface area contributed by atoms with Gasteiger partial charge in [0, 0.05) is 11.7 Å². The molecule has 3 rings (SSSR count). The van der Waals surface area contributed by atoms with E-state index < -0.39 is 0 Å². The molecule has 2 atom stereocenters. The lowest BCUT2D eigenvalue weighted by atomic mass is 9.99. The van der Waals surface area contributed by atoms with Crippen LogP contribution in [0.15, 0.2) is 54.6 Å². The molecule has 0 saturated carbocycles. The first kappa shape index (κ1) is 17.5. The highest BCUT2D eigenvalue weighted by Gasteiger charge is 2.29. The van der Waals surface area contributed by atoms with Crippen molar-refractivity contribution in [3.63, 3.8) is 0 Å². The van der Waals surface area contributed by atoms with Crippen LogP contribution in [0.25, 0.3) is 0 Å². The fourth-order valence-electron chi connectivity index (χ4n) is 3.58. The molecular formula is C21H27N3O. The summed E-state index contributed by atoms with van der Waals surface area (Å²) in [6.45, 7) is 6.30. The molecule has 1 fully saturated rings. The van der Waals surface area contributed by atoms with Crippen LogP contribution in [0.3, 0.4) is 0 Å². The van der Waals surface area contributed by atoms with Crippen molar-refractivity contribution in [1.82, 2.24) is 10.2 Å². The molecule has 1 heterocycles. The van der Waals surface area contributed by atoms with E-state index in [0.717, 1.165) is 18.8 Å². The number of nitrogens with one attached hydrogen (secondary N) is 2. The highest BCUT2D eigenvalue weighted by molar-refractivity contribution is 5.89.